The van der Waals surface area contributed by atoms with Crippen LogP contribution in [0.5, 0.6) is 0 Å². The van der Waals surface area contributed by atoms with Gasteiger partial charge in [0.1, 0.15) is 0 Å². The zero-order valence-electron chi connectivity index (χ0n) is 10.2. The van der Waals surface area contributed by atoms with E-state index in [9.17, 15) is 5.21 Å². The van der Waals surface area contributed by atoms with Crippen LogP contribution in [-0.2, 0) is 5.21 Å². The first-order chi connectivity index (χ1) is 7.33. The second kappa shape index (κ2) is 3.49. The molecule has 0 aliphatic carbocycles. The molecular formula is C10H18N5O. The molecule has 1 N–H and O–H groups in total. The number of nitrogens with one attached hydrogen (secondary N) is 1. The number of piperidine rings is 1. The van der Waals surface area contributed by atoms with Gasteiger partial charge in [-0.3, -0.25) is 0 Å². The minimum Gasteiger partial charge on any atom is -0.177 e. The van der Waals surface area contributed by atoms with Crippen LogP contribution in [0.15, 0.2) is 0 Å². The van der Waals surface area contributed by atoms with Crippen LogP contribution < -0.4 is 0 Å². The number of aromatic amines is 1. The number of nitrogens with zero attached hydrogens (tertiary/aromatic N) is 4. The van der Waals surface area contributed by atoms with Crippen LogP contribution in [0.4, 0.5) is 0 Å². The van der Waals surface area contributed by atoms with Gasteiger partial charge in [-0.2, -0.15) is 5.21 Å². The van der Waals surface area contributed by atoms with Crippen molar-refractivity contribution in [3.8, 4) is 0 Å². The van der Waals surface area contributed by atoms with Gasteiger partial charge in [0.25, 0.3) is 0 Å². The van der Waals surface area contributed by atoms with Gasteiger partial charge in [0, 0.05) is 17.0 Å². The summed E-state index contributed by atoms with van der Waals surface area (Å²) in [5.74, 6) is 0.920. The van der Waals surface area contributed by atoms with E-state index in [1.807, 2.05) is 27.7 Å². The van der Waals surface area contributed by atoms with Crippen LogP contribution in [0.3, 0.4) is 0 Å². The van der Waals surface area contributed by atoms with Gasteiger partial charge >= 0.3 is 0 Å². The van der Waals surface area contributed by atoms with Crippen molar-refractivity contribution in [1.82, 2.24) is 25.7 Å². The normalized spacial score (nSPS) is 25.8. The van der Waals surface area contributed by atoms with Crippen LogP contribution in [0.1, 0.15) is 52.3 Å². The number of hydrogen-bond donors (Lipinski definition) is 1. The molecule has 0 amide bonds. The van der Waals surface area contributed by atoms with Crippen molar-refractivity contribution in [2.45, 2.75) is 57.5 Å². The Morgan fingerprint density at radius 2 is 1.81 bits per heavy atom. The molecule has 0 aromatic carbocycles. The lowest BCUT2D eigenvalue weighted by Gasteiger charge is -2.49. The number of hydroxylamine groups is 2. The highest BCUT2D eigenvalue weighted by molar-refractivity contribution is 5.05. The zero-order chi connectivity index (χ0) is 12.0. The Kier molecular flexibility index (Phi) is 2.51. The summed E-state index contributed by atoms with van der Waals surface area (Å²) in [4.78, 5) is 0. The molecule has 2 rings (SSSR count). The molecule has 1 aromatic heterocycles. The summed E-state index contributed by atoms with van der Waals surface area (Å²) in [6, 6.07) is 0. The van der Waals surface area contributed by atoms with Crippen molar-refractivity contribution >= 4 is 0 Å². The third kappa shape index (κ3) is 1.82. The highest BCUT2D eigenvalue weighted by atomic mass is 16.5. The first-order valence-corrected chi connectivity index (χ1v) is 5.54. The average Bonchev–Trinajstić information content (AvgIpc) is 2.65. The Morgan fingerprint density at radius 3 is 2.25 bits per heavy atom. The molecule has 0 atom stereocenters. The molecule has 6 heteroatoms. The summed E-state index contributed by atoms with van der Waals surface area (Å²) in [5, 5.41) is 27.5. The Hall–Kier alpha value is -1.01. The van der Waals surface area contributed by atoms with E-state index in [0.29, 0.717) is 5.82 Å². The maximum absolute atomic E-state index is 12.1. The van der Waals surface area contributed by atoms with E-state index in [1.54, 1.807) is 0 Å². The van der Waals surface area contributed by atoms with Gasteiger partial charge in [0.15, 0.2) is 5.82 Å². The summed E-state index contributed by atoms with van der Waals surface area (Å²) in [6.45, 7) is 7.87. The Bertz CT molecular complexity index is 341. The first-order valence-electron chi connectivity index (χ1n) is 5.54. The molecule has 1 radical (unpaired) electrons. The smallest absolute Gasteiger partial charge is 0.177 e. The fraction of sp³-hybridized carbons (Fsp3) is 0.900. The summed E-state index contributed by atoms with van der Waals surface area (Å²) in [6.07, 6.45) is 1.53. The van der Waals surface area contributed by atoms with Gasteiger partial charge in [-0.25, -0.2) is 0 Å². The van der Waals surface area contributed by atoms with Gasteiger partial charge in [0.05, 0.1) is 0 Å². The molecule has 0 saturated carbocycles. The molecule has 1 saturated heterocycles. The van der Waals surface area contributed by atoms with Gasteiger partial charge in [-0.15, -0.1) is 20.5 Å². The lowest BCUT2D eigenvalue weighted by molar-refractivity contribution is -0.289. The fourth-order valence-electron chi connectivity index (χ4n) is 2.79. The Labute approximate surface area is 95.0 Å². The van der Waals surface area contributed by atoms with Crippen LogP contribution in [-0.4, -0.2) is 36.8 Å². The largest absolute Gasteiger partial charge is 0.177 e. The maximum Gasteiger partial charge on any atom is 0.177 e. The number of tetrazole rings is 1. The van der Waals surface area contributed by atoms with Gasteiger partial charge in [0.2, 0.25) is 0 Å². The van der Waals surface area contributed by atoms with Crippen molar-refractivity contribution < 1.29 is 5.21 Å². The highest BCUT2D eigenvalue weighted by Crippen LogP contribution is 2.43. The molecule has 0 spiro atoms. The molecule has 89 valence electrons. The molecule has 1 aliphatic heterocycles. The number of hydrogen-bond acceptors (Lipinski definition) is 4. The van der Waals surface area contributed by atoms with E-state index in [2.05, 4.69) is 20.6 Å². The van der Waals surface area contributed by atoms with Crippen molar-refractivity contribution in [2.24, 2.45) is 0 Å². The van der Waals surface area contributed by atoms with Crippen molar-refractivity contribution in [3.63, 3.8) is 0 Å². The van der Waals surface area contributed by atoms with E-state index < -0.39 is 0 Å². The van der Waals surface area contributed by atoms with Crippen LogP contribution >= 0.6 is 0 Å². The predicted octanol–water partition coefficient (Wildman–Crippen LogP) is 1.28. The third-order valence-corrected chi connectivity index (χ3v) is 3.32. The van der Waals surface area contributed by atoms with Crippen LogP contribution in [0.25, 0.3) is 0 Å². The molecule has 6 nitrogen and oxygen atoms in total. The SMILES string of the molecule is CC1(C)CC(c2nn[nH]n2)CC(C)(C)N1[O]. The monoisotopic (exact) mass is 224 g/mol. The van der Waals surface area contributed by atoms with Gasteiger partial charge < -0.3 is 0 Å². The quantitative estimate of drug-likeness (QED) is 0.779. The van der Waals surface area contributed by atoms with E-state index in [1.165, 1.54) is 5.06 Å². The summed E-state index contributed by atoms with van der Waals surface area (Å²) < 4.78 is 0. The number of H-pyrrole nitrogens is 1. The summed E-state index contributed by atoms with van der Waals surface area (Å²) in [5.41, 5.74) is -0.764. The average molecular weight is 224 g/mol. The highest BCUT2D eigenvalue weighted by Gasteiger charge is 2.47. The summed E-state index contributed by atoms with van der Waals surface area (Å²) >= 11 is 0. The summed E-state index contributed by atoms with van der Waals surface area (Å²) in [7, 11) is 0. The molecule has 0 unspecified atom stereocenters. The van der Waals surface area contributed by atoms with Gasteiger partial charge in [-0.1, -0.05) is 5.21 Å². The molecule has 1 aliphatic rings. The molecule has 16 heavy (non-hydrogen) atoms. The molecule has 0 bridgehead atoms. The van der Waals surface area contributed by atoms with E-state index >= 15 is 0 Å². The standard InChI is InChI=1S/C10H18N5O/c1-9(2)5-7(8-11-13-14-12-8)6-10(3,4)15(9)16/h7H,5-6H2,1-4H3,(H,11,12,13,14). The minimum absolute atomic E-state index is 0.203. The van der Waals surface area contributed by atoms with E-state index in [0.717, 1.165) is 12.8 Å². The maximum atomic E-state index is 12.1. The fourth-order valence-corrected chi connectivity index (χ4v) is 2.79. The van der Waals surface area contributed by atoms with Gasteiger partial charge in [-0.05, 0) is 40.5 Å². The number of rotatable bonds is 1. The topological polar surface area (TPSA) is 77.6 Å². The lowest BCUT2D eigenvalue weighted by atomic mass is 9.75. The molecule has 2 heterocycles. The van der Waals surface area contributed by atoms with Crippen molar-refractivity contribution in [1.29, 1.82) is 0 Å². The second-order valence-corrected chi connectivity index (χ2v) is 5.79. The van der Waals surface area contributed by atoms with Crippen molar-refractivity contribution in [3.05, 3.63) is 5.82 Å². The Balaban J connectivity index is 2.26. The van der Waals surface area contributed by atoms with Crippen molar-refractivity contribution in [2.75, 3.05) is 0 Å². The lowest BCUT2D eigenvalue weighted by Crippen LogP contribution is -2.57. The zero-order valence-corrected chi connectivity index (χ0v) is 10.2. The minimum atomic E-state index is -0.382. The molecular weight excluding hydrogens is 206 g/mol. The predicted molar refractivity (Wildman–Crippen MR) is 56.8 cm³/mol. The molecule has 1 fully saturated rings. The van der Waals surface area contributed by atoms with Crippen LogP contribution in [0.2, 0.25) is 0 Å². The number of aromatic nitrogens is 4. The van der Waals surface area contributed by atoms with E-state index in [-0.39, 0.29) is 17.0 Å². The first kappa shape index (κ1) is 11.5. The van der Waals surface area contributed by atoms with Crippen LogP contribution in [0, 0.1) is 0 Å². The third-order valence-electron chi connectivity index (χ3n) is 3.32. The van der Waals surface area contributed by atoms with E-state index in [4.69, 9.17) is 0 Å². The Morgan fingerprint density at radius 1 is 1.25 bits per heavy atom. The second-order valence-electron chi connectivity index (χ2n) is 5.79. The molecule has 1 aromatic rings.